The number of nitrogens with zero attached hydrogens (tertiary/aromatic N) is 1. The van der Waals surface area contributed by atoms with E-state index in [0.29, 0.717) is 6.54 Å². The summed E-state index contributed by atoms with van der Waals surface area (Å²) in [6.45, 7) is 4.74. The molecule has 24 heavy (non-hydrogen) atoms. The monoisotopic (exact) mass is 326 g/mol. The highest BCUT2D eigenvalue weighted by atomic mass is 16.1. The lowest BCUT2D eigenvalue weighted by Gasteiger charge is -2.11. The van der Waals surface area contributed by atoms with E-state index in [1.54, 1.807) is 0 Å². The fraction of sp³-hybridized carbons (Fsp3) is 0.524. The van der Waals surface area contributed by atoms with Crippen molar-refractivity contribution in [3.8, 4) is 0 Å². The Morgan fingerprint density at radius 3 is 2.83 bits per heavy atom. The third-order valence-electron chi connectivity index (χ3n) is 4.69. The average molecular weight is 326 g/mol. The van der Waals surface area contributed by atoms with Gasteiger partial charge < -0.3 is 5.32 Å². The summed E-state index contributed by atoms with van der Waals surface area (Å²) in [5.41, 5.74) is 3.26. The molecule has 2 aliphatic rings. The number of hydrogen-bond donors (Lipinski definition) is 1. The van der Waals surface area contributed by atoms with Crippen LogP contribution in [0.25, 0.3) is 0 Å². The first kappa shape index (κ1) is 18.4. The third kappa shape index (κ3) is 5.95. The topological polar surface area (TPSA) is 41.5 Å². The molecule has 0 aromatic rings. The van der Waals surface area contributed by atoms with Gasteiger partial charge in [-0.2, -0.15) is 0 Å². The molecule has 1 N–H and O–H groups in total. The summed E-state index contributed by atoms with van der Waals surface area (Å²) >= 11 is 0. The van der Waals surface area contributed by atoms with Crippen molar-refractivity contribution in [2.45, 2.75) is 58.8 Å². The van der Waals surface area contributed by atoms with Crippen LogP contribution in [-0.2, 0) is 4.79 Å². The van der Waals surface area contributed by atoms with Gasteiger partial charge in [0.25, 0.3) is 0 Å². The molecule has 0 aromatic heterocycles. The molecule has 3 heteroatoms. The number of rotatable bonds is 6. The Bertz CT molecular complexity index is 573. The molecule has 0 unspecified atom stereocenters. The SMILES string of the molecule is C\C=C(CCNC(=O)C1CCCC1)/N=C(C)\C1=C\CC\C=C\C=C/1. The van der Waals surface area contributed by atoms with E-state index < -0.39 is 0 Å². The second kappa shape index (κ2) is 10.1. The van der Waals surface area contributed by atoms with Crippen molar-refractivity contribution in [3.63, 3.8) is 0 Å². The van der Waals surface area contributed by atoms with E-state index in [1.807, 2.05) is 13.0 Å². The Hall–Kier alpha value is -1.90. The molecule has 1 fully saturated rings. The smallest absolute Gasteiger partial charge is 0.223 e. The van der Waals surface area contributed by atoms with Gasteiger partial charge >= 0.3 is 0 Å². The first-order valence-electron chi connectivity index (χ1n) is 9.22. The third-order valence-corrected chi connectivity index (χ3v) is 4.69. The van der Waals surface area contributed by atoms with Crippen LogP contribution in [0.5, 0.6) is 0 Å². The summed E-state index contributed by atoms with van der Waals surface area (Å²) in [6.07, 6.45) is 20.1. The van der Waals surface area contributed by atoms with Gasteiger partial charge in [0.15, 0.2) is 0 Å². The lowest BCUT2D eigenvalue weighted by Crippen LogP contribution is -2.30. The molecule has 0 bridgehead atoms. The molecule has 130 valence electrons. The van der Waals surface area contributed by atoms with Crippen LogP contribution in [0.2, 0.25) is 0 Å². The predicted octanol–water partition coefficient (Wildman–Crippen LogP) is 4.88. The van der Waals surface area contributed by atoms with Gasteiger partial charge in [-0.15, -0.1) is 0 Å². The molecule has 1 saturated carbocycles. The fourth-order valence-electron chi connectivity index (χ4n) is 3.20. The van der Waals surface area contributed by atoms with Crippen LogP contribution < -0.4 is 5.32 Å². The van der Waals surface area contributed by atoms with Crippen LogP contribution >= 0.6 is 0 Å². The summed E-state index contributed by atoms with van der Waals surface area (Å²) in [6, 6.07) is 0. The van der Waals surface area contributed by atoms with Gasteiger partial charge in [0, 0.05) is 30.3 Å². The average Bonchev–Trinajstić information content (AvgIpc) is 3.07. The molecule has 0 aromatic carbocycles. The van der Waals surface area contributed by atoms with E-state index >= 15 is 0 Å². The number of hydrogen-bond acceptors (Lipinski definition) is 2. The van der Waals surface area contributed by atoms with Crippen LogP contribution in [0.3, 0.4) is 0 Å². The molecule has 0 saturated heterocycles. The van der Waals surface area contributed by atoms with E-state index in [4.69, 9.17) is 4.99 Å². The van der Waals surface area contributed by atoms with E-state index in [-0.39, 0.29) is 11.8 Å². The highest BCUT2D eigenvalue weighted by Crippen LogP contribution is 2.24. The molecule has 0 radical (unpaired) electrons. The number of carbonyl (C=O) groups is 1. The lowest BCUT2D eigenvalue weighted by atomic mass is 10.1. The molecule has 0 spiro atoms. The second-order valence-electron chi connectivity index (χ2n) is 6.52. The van der Waals surface area contributed by atoms with E-state index in [9.17, 15) is 4.79 Å². The Morgan fingerprint density at radius 1 is 1.29 bits per heavy atom. The summed E-state index contributed by atoms with van der Waals surface area (Å²) in [4.78, 5) is 16.8. The Morgan fingerprint density at radius 2 is 2.08 bits per heavy atom. The highest BCUT2D eigenvalue weighted by Gasteiger charge is 2.21. The van der Waals surface area contributed by atoms with Gasteiger partial charge in [-0.25, -0.2) is 0 Å². The maximum Gasteiger partial charge on any atom is 0.223 e. The van der Waals surface area contributed by atoms with Gasteiger partial charge in [0.2, 0.25) is 5.91 Å². The van der Waals surface area contributed by atoms with Gasteiger partial charge in [-0.3, -0.25) is 9.79 Å². The van der Waals surface area contributed by atoms with Crippen LogP contribution in [0.15, 0.2) is 52.7 Å². The Labute approximate surface area is 146 Å². The lowest BCUT2D eigenvalue weighted by molar-refractivity contribution is -0.124. The summed E-state index contributed by atoms with van der Waals surface area (Å²) in [5, 5.41) is 3.07. The summed E-state index contributed by atoms with van der Waals surface area (Å²) in [7, 11) is 0. The molecule has 1 amide bonds. The standard InChI is InChI=1S/C21H30N2O/c1-3-20(15-16-22-21(24)19-13-9-10-14-19)23-17(2)18-11-7-5-4-6-8-12-18/h3-5,7,11-12,19H,6,8-10,13-16H2,1-2H3,(H,22,24)/b5-4+,11-7-,18-12+,20-3-,23-17-. The van der Waals surface area contributed by atoms with E-state index in [2.05, 4.69) is 42.6 Å². The zero-order chi connectivity index (χ0) is 17.2. The minimum atomic E-state index is 0.223. The maximum absolute atomic E-state index is 12.1. The van der Waals surface area contributed by atoms with Crippen molar-refractivity contribution in [1.82, 2.24) is 5.32 Å². The van der Waals surface area contributed by atoms with Gasteiger partial charge in [-0.05, 0) is 45.1 Å². The number of aliphatic imine (C=N–C) groups is 1. The molecular weight excluding hydrogens is 296 g/mol. The summed E-state index contributed by atoms with van der Waals surface area (Å²) in [5.74, 6) is 0.462. The molecule has 0 atom stereocenters. The van der Waals surface area contributed by atoms with Crippen molar-refractivity contribution in [3.05, 3.63) is 47.7 Å². The normalized spacial score (nSPS) is 24.7. The zero-order valence-electron chi connectivity index (χ0n) is 15.1. The van der Waals surface area contributed by atoms with Crippen LogP contribution in [-0.4, -0.2) is 18.2 Å². The second-order valence-corrected chi connectivity index (χ2v) is 6.52. The van der Waals surface area contributed by atoms with Crippen LogP contribution in [0, 0.1) is 5.92 Å². The molecule has 3 nitrogen and oxygen atoms in total. The predicted molar refractivity (Wildman–Crippen MR) is 102 cm³/mol. The number of nitrogens with one attached hydrogen (secondary N) is 1. The summed E-state index contributed by atoms with van der Waals surface area (Å²) < 4.78 is 0. The highest BCUT2D eigenvalue weighted by molar-refractivity contribution is 6.01. The quantitative estimate of drug-likeness (QED) is 0.694. The Kier molecular flexibility index (Phi) is 7.73. The number of carbonyl (C=O) groups excluding carboxylic acids is 1. The molecular formula is C21H30N2O. The van der Waals surface area contributed by atoms with Gasteiger partial charge in [-0.1, -0.05) is 49.3 Å². The van der Waals surface area contributed by atoms with Crippen molar-refractivity contribution >= 4 is 11.6 Å². The molecule has 2 rings (SSSR count). The minimum Gasteiger partial charge on any atom is -0.355 e. The first-order chi connectivity index (χ1) is 11.7. The van der Waals surface area contributed by atoms with E-state index in [1.165, 1.54) is 18.4 Å². The van der Waals surface area contributed by atoms with Gasteiger partial charge in [0.05, 0.1) is 0 Å². The molecule has 2 aliphatic carbocycles. The van der Waals surface area contributed by atoms with Crippen molar-refractivity contribution in [2.75, 3.05) is 6.54 Å². The van der Waals surface area contributed by atoms with Crippen LogP contribution in [0.4, 0.5) is 0 Å². The van der Waals surface area contributed by atoms with Crippen molar-refractivity contribution < 1.29 is 4.79 Å². The number of amides is 1. The first-order valence-corrected chi connectivity index (χ1v) is 9.22. The molecule has 0 heterocycles. The largest absolute Gasteiger partial charge is 0.355 e. The van der Waals surface area contributed by atoms with E-state index in [0.717, 1.165) is 43.5 Å². The minimum absolute atomic E-state index is 0.223. The van der Waals surface area contributed by atoms with Crippen molar-refractivity contribution in [1.29, 1.82) is 0 Å². The molecule has 0 aliphatic heterocycles. The van der Waals surface area contributed by atoms with Crippen LogP contribution in [0.1, 0.15) is 58.8 Å². The fourth-order valence-corrected chi connectivity index (χ4v) is 3.20. The van der Waals surface area contributed by atoms with Gasteiger partial charge in [0.1, 0.15) is 0 Å². The zero-order valence-corrected chi connectivity index (χ0v) is 15.1. The Balaban J connectivity index is 1.86. The maximum atomic E-state index is 12.1. The van der Waals surface area contributed by atoms with Crippen molar-refractivity contribution in [2.24, 2.45) is 10.9 Å². The number of allylic oxidation sites excluding steroid dienone is 7.